The zero-order valence-corrected chi connectivity index (χ0v) is 34.4. The Bertz CT molecular complexity index is 2710. The molecule has 7 rings (SSSR count). The Morgan fingerprint density at radius 1 is 0.772 bits per heavy atom. The molecule has 0 spiro atoms. The molecule has 286 valence electrons. The van der Waals surface area contributed by atoms with Crippen LogP contribution in [0, 0.1) is 34.5 Å². The summed E-state index contributed by atoms with van der Waals surface area (Å²) in [7, 11) is 0. The van der Waals surface area contributed by atoms with Crippen molar-refractivity contribution in [2.24, 2.45) is 11.8 Å². The number of nitrogens with zero attached hydrogens (tertiary/aromatic N) is 4. The molecule has 0 aliphatic rings. The Hall–Kier alpha value is -6.20. The molecule has 57 heavy (non-hydrogen) atoms. The number of nitriles is 2. The number of fused-ring (bicyclic) bond motifs is 3. The zero-order chi connectivity index (χ0) is 40.1. The van der Waals surface area contributed by atoms with Crippen LogP contribution in [0.15, 0.2) is 103 Å². The lowest BCUT2D eigenvalue weighted by molar-refractivity contribution is 0.172. The van der Waals surface area contributed by atoms with Crippen LogP contribution in [0.5, 0.6) is 5.75 Å². The number of hydrogen-bond acceptors (Lipinski definition) is 8. The minimum Gasteiger partial charge on any atom is -0.498 e. The minimum absolute atomic E-state index is 0.387. The third-order valence-corrected chi connectivity index (χ3v) is 12.3. The van der Waals surface area contributed by atoms with Crippen molar-refractivity contribution in [3.8, 4) is 29.1 Å². The summed E-state index contributed by atoms with van der Waals surface area (Å²) in [6.07, 6.45) is 7.72. The van der Waals surface area contributed by atoms with Crippen molar-refractivity contribution in [2.75, 3.05) is 13.2 Å². The van der Waals surface area contributed by atoms with E-state index in [0.29, 0.717) is 62.6 Å². The molecule has 4 heterocycles. The Morgan fingerprint density at radius 2 is 1.33 bits per heavy atom. The van der Waals surface area contributed by atoms with Crippen molar-refractivity contribution < 1.29 is 9.47 Å². The molecule has 10 heteroatoms. The number of nitrogens with one attached hydrogen (secondary N) is 2. The Labute approximate surface area is 340 Å². The maximum absolute atomic E-state index is 11.0. The number of para-hydroxylation sites is 2. The summed E-state index contributed by atoms with van der Waals surface area (Å²) < 4.78 is 14.2. The molecule has 0 aliphatic carbocycles. The van der Waals surface area contributed by atoms with Gasteiger partial charge in [0.25, 0.3) is 0 Å². The van der Waals surface area contributed by atoms with E-state index in [1.807, 2.05) is 91.9 Å². The summed E-state index contributed by atoms with van der Waals surface area (Å²) in [5, 5.41) is 25.8. The van der Waals surface area contributed by atoms with Crippen molar-refractivity contribution in [1.82, 2.24) is 19.9 Å². The van der Waals surface area contributed by atoms with Crippen molar-refractivity contribution in [1.29, 1.82) is 10.5 Å². The molecule has 0 saturated carbocycles. The third-order valence-electron chi connectivity index (χ3n) is 10.2. The standard InChI is InChI=1S/C47H44N6O2S2/c1-7-28(4)26-54-30(6)18-19-31(9-3)42-40-41(45(52-42)35(25-49)47-51-37-15-11-13-17-39(37)57-47)43(32-20-22-33(23-21-32)55-27-29(5)8-2)53-44(40)34(24-48)46-50-36-14-10-12-16-38(36)56-46/h9-23,28-29,52-53H,3,7-8,26-27H2,1-2,4-6H3/b30-18+,31-19+,44-34-,45-35-. The van der Waals surface area contributed by atoms with Crippen LogP contribution < -0.4 is 15.4 Å². The number of benzene rings is 3. The van der Waals surface area contributed by atoms with Crippen LogP contribution in [0.1, 0.15) is 63.2 Å². The molecule has 0 bridgehead atoms. The highest BCUT2D eigenvalue weighted by Crippen LogP contribution is 2.34. The fourth-order valence-corrected chi connectivity index (χ4v) is 8.35. The summed E-state index contributed by atoms with van der Waals surface area (Å²) in [5.41, 5.74) is 5.44. The number of aromatic nitrogens is 4. The summed E-state index contributed by atoms with van der Waals surface area (Å²) in [6, 6.07) is 28.7. The van der Waals surface area contributed by atoms with Crippen molar-refractivity contribution in [3.63, 3.8) is 0 Å². The first-order chi connectivity index (χ1) is 27.8. The molecule has 2 unspecified atom stereocenters. The molecule has 2 atom stereocenters. The normalized spacial score (nSPS) is 14.3. The Balaban J connectivity index is 1.57. The molecule has 8 nitrogen and oxygen atoms in total. The maximum Gasteiger partial charge on any atom is 0.137 e. The van der Waals surface area contributed by atoms with Crippen LogP contribution in [0.25, 0.3) is 59.2 Å². The summed E-state index contributed by atoms with van der Waals surface area (Å²) >= 11 is 2.93. The van der Waals surface area contributed by atoms with Crippen LogP contribution in [0.4, 0.5) is 0 Å². The predicted molar refractivity (Wildman–Crippen MR) is 235 cm³/mol. The predicted octanol–water partition coefficient (Wildman–Crippen LogP) is 10.8. The molecule has 0 amide bonds. The van der Waals surface area contributed by atoms with Gasteiger partial charge in [0.2, 0.25) is 0 Å². The Morgan fingerprint density at radius 3 is 1.88 bits per heavy atom. The van der Waals surface area contributed by atoms with Gasteiger partial charge < -0.3 is 19.4 Å². The van der Waals surface area contributed by atoms with Gasteiger partial charge in [0.1, 0.15) is 39.0 Å². The molecule has 0 fully saturated rings. The molecule has 3 aromatic carbocycles. The van der Waals surface area contributed by atoms with E-state index in [9.17, 15) is 10.5 Å². The number of aromatic amines is 2. The molecule has 0 saturated heterocycles. The number of thiazole rings is 2. The summed E-state index contributed by atoms with van der Waals surface area (Å²) in [4.78, 5) is 17.2. The van der Waals surface area contributed by atoms with Crippen LogP contribution in [-0.4, -0.2) is 33.1 Å². The fourth-order valence-electron chi connectivity index (χ4n) is 6.41. The number of ether oxygens (including phenoxy) is 2. The minimum atomic E-state index is 0.387. The van der Waals surface area contributed by atoms with Gasteiger partial charge >= 0.3 is 0 Å². The van der Waals surface area contributed by atoms with Gasteiger partial charge in [-0.25, -0.2) is 9.97 Å². The number of hydrogen-bond donors (Lipinski definition) is 2. The first-order valence-electron chi connectivity index (χ1n) is 19.2. The average molecular weight is 789 g/mol. The second kappa shape index (κ2) is 17.3. The van der Waals surface area contributed by atoms with E-state index in [2.05, 4.69) is 56.4 Å². The van der Waals surface area contributed by atoms with Crippen molar-refractivity contribution >= 4 is 70.6 Å². The largest absolute Gasteiger partial charge is 0.498 e. The molecule has 2 N–H and O–H groups in total. The lowest BCUT2D eigenvalue weighted by Gasteiger charge is -2.11. The van der Waals surface area contributed by atoms with Crippen molar-refractivity contribution in [3.05, 3.63) is 130 Å². The molecule has 0 radical (unpaired) electrons. The van der Waals surface area contributed by atoms with Gasteiger partial charge in [-0.15, -0.1) is 22.7 Å². The van der Waals surface area contributed by atoms with Crippen LogP contribution in [-0.2, 0) is 4.74 Å². The average Bonchev–Trinajstić information content (AvgIpc) is 4.04. The molecule has 7 aromatic rings. The van der Waals surface area contributed by atoms with Crippen LogP contribution in [0.3, 0.4) is 0 Å². The maximum atomic E-state index is 11.0. The monoisotopic (exact) mass is 788 g/mol. The summed E-state index contributed by atoms with van der Waals surface area (Å²) in [6.45, 7) is 16.0. The fraction of sp³-hybridized carbons (Fsp3) is 0.234. The van der Waals surface area contributed by atoms with Gasteiger partial charge in [0.05, 0.1) is 61.5 Å². The second-order valence-electron chi connectivity index (χ2n) is 14.2. The van der Waals surface area contributed by atoms with E-state index in [1.165, 1.54) is 22.7 Å². The van der Waals surface area contributed by atoms with E-state index in [4.69, 9.17) is 19.4 Å². The molecule has 4 aromatic heterocycles. The van der Waals surface area contributed by atoms with Crippen molar-refractivity contribution in [2.45, 2.75) is 47.5 Å². The van der Waals surface area contributed by atoms with Gasteiger partial charge in [-0.1, -0.05) is 77.5 Å². The number of H-pyrrole nitrogens is 2. The second-order valence-corrected chi connectivity index (χ2v) is 16.3. The quantitative estimate of drug-likeness (QED) is 0.0835. The topological polar surface area (TPSA) is 123 Å². The van der Waals surface area contributed by atoms with Gasteiger partial charge in [0, 0.05) is 10.8 Å². The zero-order valence-electron chi connectivity index (χ0n) is 32.8. The Kier molecular flexibility index (Phi) is 11.9. The van der Waals surface area contributed by atoms with E-state index in [1.54, 1.807) is 6.08 Å². The number of rotatable bonds is 14. The van der Waals surface area contributed by atoms with E-state index < -0.39 is 0 Å². The molecule has 0 aliphatic heterocycles. The highest BCUT2D eigenvalue weighted by atomic mass is 32.1. The first-order valence-corrected chi connectivity index (χ1v) is 20.8. The SMILES string of the molecule is C=C/C(=C\C=C(/C)OCC(C)CC)c1[nH]/c(=C(/C#N)c2nc3ccccc3s2)c2c(-c3ccc(OCC(C)CC)cc3)[nH]/c(=C(/C#N)c3nc4ccccc4s3)c12. The molecular weight excluding hydrogens is 745 g/mol. The van der Waals surface area contributed by atoms with Gasteiger partial charge in [-0.3, -0.25) is 0 Å². The van der Waals surface area contributed by atoms with Crippen LogP contribution >= 0.6 is 22.7 Å². The highest BCUT2D eigenvalue weighted by molar-refractivity contribution is 7.20. The summed E-state index contributed by atoms with van der Waals surface area (Å²) in [5.74, 6) is 2.39. The lowest BCUT2D eigenvalue weighted by atomic mass is 10.0. The highest BCUT2D eigenvalue weighted by Gasteiger charge is 2.24. The van der Waals surface area contributed by atoms with Gasteiger partial charge in [-0.05, 0) is 90.6 Å². The van der Waals surface area contributed by atoms with E-state index in [-0.39, 0.29) is 0 Å². The van der Waals surface area contributed by atoms with E-state index >= 15 is 0 Å². The smallest absolute Gasteiger partial charge is 0.137 e. The van der Waals surface area contributed by atoms with Crippen LogP contribution in [0.2, 0.25) is 0 Å². The third kappa shape index (κ3) is 8.06. The first kappa shape index (κ1) is 39.1. The van der Waals surface area contributed by atoms with E-state index in [0.717, 1.165) is 72.4 Å². The lowest BCUT2D eigenvalue weighted by Crippen LogP contribution is -2.11. The number of allylic oxidation sites excluding steroid dienone is 5. The molecular formula is C47H44N6O2S2. The van der Waals surface area contributed by atoms with Gasteiger partial charge in [0.15, 0.2) is 0 Å². The van der Waals surface area contributed by atoms with Gasteiger partial charge in [-0.2, -0.15) is 10.5 Å².